The molecule has 3 rings (SSSR count). The van der Waals surface area contributed by atoms with E-state index in [0.717, 1.165) is 20.9 Å². The number of methoxy groups -OCH3 is 1. The second kappa shape index (κ2) is 6.66. The standard InChI is InChI=1S/C17H14BrN3O2/c1-23-16-7-6-12(18)8-11(16)9-20-21-17(22)14-10-19-15-5-3-2-4-13(14)15/h2-10,19H,1H3,(H,21,22). The number of aromatic amines is 1. The van der Waals surface area contributed by atoms with Crippen molar-refractivity contribution in [2.45, 2.75) is 0 Å². The number of aromatic nitrogens is 1. The first-order valence-electron chi connectivity index (χ1n) is 6.92. The van der Waals surface area contributed by atoms with E-state index in [9.17, 15) is 4.79 Å². The van der Waals surface area contributed by atoms with Crippen LogP contribution in [0.5, 0.6) is 5.75 Å². The van der Waals surface area contributed by atoms with Gasteiger partial charge in [-0.2, -0.15) is 5.10 Å². The number of rotatable bonds is 4. The van der Waals surface area contributed by atoms with Gasteiger partial charge in [-0.15, -0.1) is 0 Å². The molecule has 0 aliphatic carbocycles. The van der Waals surface area contributed by atoms with Crippen LogP contribution in [0.4, 0.5) is 0 Å². The Bertz CT molecular complexity index is 886. The number of H-pyrrole nitrogens is 1. The maximum absolute atomic E-state index is 12.2. The molecule has 23 heavy (non-hydrogen) atoms. The molecule has 0 saturated heterocycles. The van der Waals surface area contributed by atoms with Crippen LogP contribution >= 0.6 is 15.9 Å². The number of fused-ring (bicyclic) bond motifs is 1. The van der Waals surface area contributed by atoms with Gasteiger partial charge in [0.15, 0.2) is 0 Å². The highest BCUT2D eigenvalue weighted by Gasteiger charge is 2.10. The molecule has 0 aliphatic rings. The summed E-state index contributed by atoms with van der Waals surface area (Å²) < 4.78 is 6.16. The van der Waals surface area contributed by atoms with Crippen LogP contribution in [0, 0.1) is 0 Å². The highest BCUT2D eigenvalue weighted by Crippen LogP contribution is 2.21. The lowest BCUT2D eigenvalue weighted by Crippen LogP contribution is -2.17. The normalized spacial score (nSPS) is 11.0. The second-order valence-corrected chi connectivity index (χ2v) is 5.75. The number of hydrogen-bond donors (Lipinski definition) is 2. The van der Waals surface area contributed by atoms with E-state index in [0.29, 0.717) is 11.3 Å². The highest BCUT2D eigenvalue weighted by atomic mass is 79.9. The van der Waals surface area contributed by atoms with Crippen LogP contribution in [0.3, 0.4) is 0 Å². The lowest BCUT2D eigenvalue weighted by atomic mass is 10.2. The highest BCUT2D eigenvalue weighted by molar-refractivity contribution is 9.10. The zero-order valence-corrected chi connectivity index (χ0v) is 13.9. The van der Waals surface area contributed by atoms with Crippen LogP contribution in [0.15, 0.2) is 58.2 Å². The van der Waals surface area contributed by atoms with Crippen molar-refractivity contribution in [3.63, 3.8) is 0 Å². The smallest absolute Gasteiger partial charge is 0.273 e. The van der Waals surface area contributed by atoms with Crippen molar-refractivity contribution < 1.29 is 9.53 Å². The number of hydrogen-bond acceptors (Lipinski definition) is 3. The van der Waals surface area contributed by atoms with Gasteiger partial charge in [0.05, 0.1) is 18.9 Å². The first-order valence-corrected chi connectivity index (χ1v) is 7.71. The summed E-state index contributed by atoms with van der Waals surface area (Å²) in [6.45, 7) is 0. The number of para-hydroxylation sites is 1. The van der Waals surface area contributed by atoms with Crippen molar-refractivity contribution in [1.29, 1.82) is 0 Å². The van der Waals surface area contributed by atoms with Gasteiger partial charge in [0, 0.05) is 27.1 Å². The number of carbonyl (C=O) groups excluding carboxylic acids is 1. The number of carbonyl (C=O) groups is 1. The van der Waals surface area contributed by atoms with Crippen LogP contribution < -0.4 is 10.2 Å². The van der Waals surface area contributed by atoms with Crippen LogP contribution in [-0.2, 0) is 0 Å². The number of hydrazone groups is 1. The van der Waals surface area contributed by atoms with Gasteiger partial charge in [-0.1, -0.05) is 34.1 Å². The molecule has 6 heteroatoms. The Balaban J connectivity index is 1.78. The molecule has 3 aromatic rings. The Hall–Kier alpha value is -2.60. The van der Waals surface area contributed by atoms with E-state index < -0.39 is 0 Å². The van der Waals surface area contributed by atoms with Crippen LogP contribution in [0.25, 0.3) is 10.9 Å². The fraction of sp³-hybridized carbons (Fsp3) is 0.0588. The predicted octanol–water partition coefficient (Wildman–Crippen LogP) is 3.70. The number of benzene rings is 2. The van der Waals surface area contributed by atoms with Gasteiger partial charge in [-0.25, -0.2) is 5.43 Å². The molecule has 0 atom stereocenters. The molecule has 0 bridgehead atoms. The van der Waals surface area contributed by atoms with Crippen LogP contribution in [0.1, 0.15) is 15.9 Å². The zero-order valence-electron chi connectivity index (χ0n) is 12.3. The molecule has 1 amide bonds. The van der Waals surface area contributed by atoms with E-state index in [1.807, 2.05) is 42.5 Å². The summed E-state index contributed by atoms with van der Waals surface area (Å²) in [6.07, 6.45) is 3.23. The molecule has 0 radical (unpaired) electrons. The molecule has 2 aromatic carbocycles. The third-order valence-corrected chi connectivity index (χ3v) is 3.89. The quantitative estimate of drug-likeness (QED) is 0.542. The van der Waals surface area contributed by atoms with E-state index in [1.165, 1.54) is 0 Å². The number of nitrogens with one attached hydrogen (secondary N) is 2. The van der Waals surface area contributed by atoms with Crippen LogP contribution in [-0.4, -0.2) is 24.2 Å². The maximum Gasteiger partial charge on any atom is 0.273 e. The molecule has 0 unspecified atom stereocenters. The van der Waals surface area contributed by atoms with Crippen LogP contribution in [0.2, 0.25) is 0 Å². The van der Waals surface area contributed by atoms with Gasteiger partial charge in [0.25, 0.3) is 5.91 Å². The summed E-state index contributed by atoms with van der Waals surface area (Å²) in [5.41, 5.74) is 4.77. The maximum atomic E-state index is 12.2. The third kappa shape index (κ3) is 3.27. The van der Waals surface area contributed by atoms with Crippen molar-refractivity contribution in [2.75, 3.05) is 7.11 Å². The number of ether oxygens (including phenoxy) is 1. The minimum atomic E-state index is -0.271. The van der Waals surface area contributed by atoms with E-state index in [-0.39, 0.29) is 5.91 Å². The zero-order chi connectivity index (χ0) is 16.2. The van der Waals surface area contributed by atoms with E-state index in [2.05, 4.69) is 31.4 Å². The summed E-state index contributed by atoms with van der Waals surface area (Å²) in [4.78, 5) is 15.3. The van der Waals surface area contributed by atoms with Gasteiger partial charge in [0.1, 0.15) is 5.75 Å². The van der Waals surface area contributed by atoms with Gasteiger partial charge in [0.2, 0.25) is 0 Å². The Morgan fingerprint density at radius 2 is 2.13 bits per heavy atom. The van der Waals surface area contributed by atoms with E-state index in [1.54, 1.807) is 19.5 Å². The summed E-state index contributed by atoms with van der Waals surface area (Å²) in [7, 11) is 1.59. The molecule has 0 spiro atoms. The summed E-state index contributed by atoms with van der Waals surface area (Å²) >= 11 is 3.40. The number of nitrogens with zero attached hydrogens (tertiary/aromatic N) is 1. The second-order valence-electron chi connectivity index (χ2n) is 4.83. The average molecular weight is 372 g/mol. The fourth-order valence-electron chi connectivity index (χ4n) is 2.29. The van der Waals surface area contributed by atoms with Gasteiger partial charge in [-0.3, -0.25) is 4.79 Å². The Morgan fingerprint density at radius 3 is 2.96 bits per heavy atom. The van der Waals surface area contributed by atoms with E-state index >= 15 is 0 Å². The van der Waals surface area contributed by atoms with Gasteiger partial charge >= 0.3 is 0 Å². The number of halogens is 1. The third-order valence-electron chi connectivity index (χ3n) is 3.40. The lowest BCUT2D eigenvalue weighted by Gasteiger charge is -2.04. The topological polar surface area (TPSA) is 66.5 Å². The first-order chi connectivity index (χ1) is 11.2. The van der Waals surface area contributed by atoms with Crippen molar-refractivity contribution in [3.05, 3.63) is 64.3 Å². The van der Waals surface area contributed by atoms with Gasteiger partial charge < -0.3 is 9.72 Å². The summed E-state index contributed by atoms with van der Waals surface area (Å²) in [6, 6.07) is 13.2. The molecule has 0 saturated carbocycles. The molecule has 0 fully saturated rings. The fourth-order valence-corrected chi connectivity index (χ4v) is 2.66. The van der Waals surface area contributed by atoms with Crippen molar-refractivity contribution >= 4 is 39.0 Å². The minimum Gasteiger partial charge on any atom is -0.496 e. The summed E-state index contributed by atoms with van der Waals surface area (Å²) in [5.74, 6) is 0.408. The minimum absolute atomic E-state index is 0.271. The molecular weight excluding hydrogens is 358 g/mol. The lowest BCUT2D eigenvalue weighted by molar-refractivity contribution is 0.0957. The average Bonchev–Trinajstić information content (AvgIpc) is 2.99. The molecule has 116 valence electrons. The van der Waals surface area contributed by atoms with Crippen molar-refractivity contribution in [2.24, 2.45) is 5.10 Å². The Kier molecular flexibility index (Phi) is 4.43. The summed E-state index contributed by atoms with van der Waals surface area (Å²) in [5, 5.41) is 4.88. The van der Waals surface area contributed by atoms with Crippen molar-refractivity contribution in [1.82, 2.24) is 10.4 Å². The Labute approximate surface area is 141 Å². The van der Waals surface area contributed by atoms with E-state index in [4.69, 9.17) is 4.74 Å². The number of amides is 1. The largest absolute Gasteiger partial charge is 0.496 e. The molecular formula is C17H14BrN3O2. The molecule has 0 aliphatic heterocycles. The molecule has 2 N–H and O–H groups in total. The first kappa shape index (κ1) is 15.3. The molecule has 1 aromatic heterocycles. The SMILES string of the molecule is COc1ccc(Br)cc1C=NNC(=O)c1c[nH]c2ccccc12. The molecule has 5 nitrogen and oxygen atoms in total. The molecule has 1 heterocycles. The van der Waals surface area contributed by atoms with Crippen molar-refractivity contribution in [3.8, 4) is 5.75 Å². The Morgan fingerprint density at radius 1 is 1.30 bits per heavy atom. The monoisotopic (exact) mass is 371 g/mol. The predicted molar refractivity (Wildman–Crippen MR) is 94.1 cm³/mol. The van der Waals surface area contributed by atoms with Gasteiger partial charge in [-0.05, 0) is 24.3 Å².